The molecule has 1 saturated carbocycles. The second-order valence-corrected chi connectivity index (χ2v) is 5.86. The van der Waals surface area contributed by atoms with Gasteiger partial charge >= 0.3 is 0 Å². The zero-order valence-corrected chi connectivity index (χ0v) is 13.0. The first-order valence-electron chi connectivity index (χ1n) is 7.73. The van der Waals surface area contributed by atoms with Crippen LogP contribution in [0.1, 0.15) is 36.9 Å². The molecular formula is C17H21N3O2. The summed E-state index contributed by atoms with van der Waals surface area (Å²) in [5, 5.41) is 17.4. The van der Waals surface area contributed by atoms with Crippen LogP contribution in [0.2, 0.25) is 0 Å². The molecule has 2 aromatic rings. The summed E-state index contributed by atoms with van der Waals surface area (Å²) in [4.78, 5) is 11.9. The number of hydrogen-bond acceptors (Lipinski definition) is 3. The van der Waals surface area contributed by atoms with Crippen LogP contribution >= 0.6 is 0 Å². The van der Waals surface area contributed by atoms with Gasteiger partial charge in [0.2, 0.25) is 5.91 Å². The van der Waals surface area contributed by atoms with Gasteiger partial charge in [-0.25, -0.2) is 0 Å². The van der Waals surface area contributed by atoms with Crippen LogP contribution in [0.5, 0.6) is 5.75 Å². The average Bonchev–Trinajstić information content (AvgIpc) is 3.24. The number of carbonyl (C=O) groups is 1. The first kappa shape index (κ1) is 14.6. The Balaban J connectivity index is 1.96. The maximum atomic E-state index is 11.9. The summed E-state index contributed by atoms with van der Waals surface area (Å²) in [5.41, 5.74) is 3.60. The standard InChI is InChI=1S/C17H21N3O2/c1-3-18-17(22)10-20-15(12-5-6-12)9-14(19-20)13-8-11(2)4-7-16(13)21/h4,7-9,12,21H,3,5-6,10H2,1-2H3,(H,18,22). The fourth-order valence-electron chi connectivity index (χ4n) is 2.64. The topological polar surface area (TPSA) is 67.2 Å². The van der Waals surface area contributed by atoms with E-state index in [0.717, 1.165) is 35.4 Å². The molecule has 1 fully saturated rings. The molecule has 0 atom stereocenters. The van der Waals surface area contributed by atoms with Gasteiger partial charge in [-0.15, -0.1) is 0 Å². The van der Waals surface area contributed by atoms with E-state index < -0.39 is 0 Å². The fraction of sp³-hybridized carbons (Fsp3) is 0.412. The molecule has 2 N–H and O–H groups in total. The molecule has 1 aliphatic rings. The molecule has 5 heteroatoms. The third-order valence-electron chi connectivity index (χ3n) is 3.90. The zero-order chi connectivity index (χ0) is 15.7. The number of carbonyl (C=O) groups excluding carboxylic acids is 1. The van der Waals surface area contributed by atoms with Gasteiger partial charge in [0.15, 0.2) is 0 Å². The molecule has 1 aliphatic carbocycles. The fourth-order valence-corrected chi connectivity index (χ4v) is 2.64. The normalized spacial score (nSPS) is 14.1. The Labute approximate surface area is 130 Å². The average molecular weight is 299 g/mol. The summed E-state index contributed by atoms with van der Waals surface area (Å²) in [6.07, 6.45) is 2.28. The highest BCUT2D eigenvalue weighted by atomic mass is 16.3. The number of benzene rings is 1. The van der Waals surface area contributed by atoms with Crippen LogP contribution in [0.4, 0.5) is 0 Å². The highest BCUT2D eigenvalue weighted by Gasteiger charge is 2.29. The third-order valence-corrected chi connectivity index (χ3v) is 3.90. The third kappa shape index (κ3) is 2.98. The van der Waals surface area contributed by atoms with Crippen molar-refractivity contribution < 1.29 is 9.90 Å². The Hall–Kier alpha value is -2.30. The van der Waals surface area contributed by atoms with Crippen molar-refractivity contribution >= 4 is 5.91 Å². The number of amides is 1. The van der Waals surface area contributed by atoms with Crippen molar-refractivity contribution in [3.05, 3.63) is 35.5 Å². The van der Waals surface area contributed by atoms with Crippen molar-refractivity contribution in [2.24, 2.45) is 0 Å². The van der Waals surface area contributed by atoms with Crippen LogP contribution in [-0.2, 0) is 11.3 Å². The van der Waals surface area contributed by atoms with Crippen molar-refractivity contribution in [1.82, 2.24) is 15.1 Å². The lowest BCUT2D eigenvalue weighted by atomic mass is 10.1. The number of nitrogens with one attached hydrogen (secondary N) is 1. The molecule has 0 unspecified atom stereocenters. The number of aromatic nitrogens is 2. The minimum Gasteiger partial charge on any atom is -0.507 e. The van der Waals surface area contributed by atoms with Crippen molar-refractivity contribution in [3.63, 3.8) is 0 Å². The Morgan fingerprint density at radius 1 is 1.41 bits per heavy atom. The summed E-state index contributed by atoms with van der Waals surface area (Å²) >= 11 is 0. The predicted molar refractivity (Wildman–Crippen MR) is 84.7 cm³/mol. The van der Waals surface area contributed by atoms with Crippen molar-refractivity contribution in [2.45, 2.75) is 39.2 Å². The quantitative estimate of drug-likeness (QED) is 0.891. The van der Waals surface area contributed by atoms with E-state index in [1.807, 2.05) is 32.0 Å². The van der Waals surface area contributed by atoms with Crippen LogP contribution in [0, 0.1) is 6.92 Å². The van der Waals surface area contributed by atoms with Gasteiger partial charge in [-0.3, -0.25) is 9.48 Å². The van der Waals surface area contributed by atoms with Gasteiger partial charge < -0.3 is 10.4 Å². The van der Waals surface area contributed by atoms with Gasteiger partial charge in [-0.1, -0.05) is 11.6 Å². The van der Waals surface area contributed by atoms with Crippen LogP contribution in [-0.4, -0.2) is 27.3 Å². The first-order chi connectivity index (χ1) is 10.6. The molecule has 22 heavy (non-hydrogen) atoms. The maximum absolute atomic E-state index is 11.9. The van der Waals surface area contributed by atoms with Gasteiger partial charge in [-0.05, 0) is 44.9 Å². The van der Waals surface area contributed by atoms with Crippen LogP contribution in [0.3, 0.4) is 0 Å². The Kier molecular flexibility index (Phi) is 3.88. The zero-order valence-electron chi connectivity index (χ0n) is 13.0. The van der Waals surface area contributed by atoms with E-state index in [1.54, 1.807) is 10.7 Å². The van der Waals surface area contributed by atoms with Gasteiger partial charge in [0.1, 0.15) is 12.3 Å². The molecule has 1 aromatic heterocycles. The van der Waals surface area contributed by atoms with Crippen LogP contribution in [0.25, 0.3) is 11.3 Å². The molecule has 5 nitrogen and oxygen atoms in total. The Morgan fingerprint density at radius 2 is 2.18 bits per heavy atom. The number of hydrogen-bond donors (Lipinski definition) is 2. The first-order valence-corrected chi connectivity index (χ1v) is 7.73. The second-order valence-electron chi connectivity index (χ2n) is 5.86. The number of likely N-dealkylation sites (N-methyl/N-ethyl adjacent to an activating group) is 1. The van der Waals surface area contributed by atoms with E-state index in [0.29, 0.717) is 12.5 Å². The second kappa shape index (κ2) is 5.83. The van der Waals surface area contributed by atoms with Crippen molar-refractivity contribution in [1.29, 1.82) is 0 Å². The van der Waals surface area contributed by atoms with Gasteiger partial charge in [0.25, 0.3) is 0 Å². The number of rotatable bonds is 5. The molecule has 0 bridgehead atoms. The number of nitrogens with zero attached hydrogens (tertiary/aromatic N) is 2. The monoisotopic (exact) mass is 299 g/mol. The van der Waals surface area contributed by atoms with Crippen molar-refractivity contribution in [2.75, 3.05) is 6.54 Å². The molecule has 116 valence electrons. The molecule has 0 aliphatic heterocycles. The molecule has 1 aromatic carbocycles. The summed E-state index contributed by atoms with van der Waals surface area (Å²) in [6, 6.07) is 7.48. The summed E-state index contributed by atoms with van der Waals surface area (Å²) < 4.78 is 1.78. The van der Waals surface area contributed by atoms with Crippen LogP contribution < -0.4 is 5.32 Å². The number of aryl methyl sites for hydroxylation is 1. The van der Waals surface area contributed by atoms with Crippen LogP contribution in [0.15, 0.2) is 24.3 Å². The van der Waals surface area contributed by atoms with Gasteiger partial charge in [0.05, 0.1) is 5.69 Å². The molecule has 0 radical (unpaired) electrons. The number of aromatic hydroxyl groups is 1. The molecule has 0 spiro atoms. The van der Waals surface area contributed by atoms with E-state index >= 15 is 0 Å². The maximum Gasteiger partial charge on any atom is 0.241 e. The molecule has 3 rings (SSSR count). The molecular weight excluding hydrogens is 278 g/mol. The SMILES string of the molecule is CCNC(=O)Cn1nc(-c2cc(C)ccc2O)cc1C1CC1. The predicted octanol–water partition coefficient (Wildman–Crippen LogP) is 2.58. The summed E-state index contributed by atoms with van der Waals surface area (Å²) in [5.74, 6) is 0.672. The largest absolute Gasteiger partial charge is 0.507 e. The van der Waals surface area contributed by atoms with Crippen molar-refractivity contribution in [3.8, 4) is 17.0 Å². The summed E-state index contributed by atoms with van der Waals surface area (Å²) in [6.45, 7) is 4.73. The smallest absolute Gasteiger partial charge is 0.241 e. The van der Waals surface area contributed by atoms with E-state index in [2.05, 4.69) is 10.4 Å². The minimum atomic E-state index is -0.0347. The van der Waals surface area contributed by atoms with E-state index in [9.17, 15) is 9.90 Å². The highest BCUT2D eigenvalue weighted by Crippen LogP contribution is 2.42. The lowest BCUT2D eigenvalue weighted by Gasteiger charge is -2.06. The molecule has 1 amide bonds. The molecule has 0 saturated heterocycles. The van der Waals surface area contributed by atoms with Gasteiger partial charge in [0, 0.05) is 23.7 Å². The Morgan fingerprint density at radius 3 is 2.86 bits per heavy atom. The van der Waals surface area contributed by atoms with E-state index in [4.69, 9.17) is 0 Å². The molecule has 1 heterocycles. The number of phenols is 1. The lowest BCUT2D eigenvalue weighted by molar-refractivity contribution is -0.121. The van der Waals surface area contributed by atoms with E-state index in [-0.39, 0.29) is 18.2 Å². The van der Waals surface area contributed by atoms with E-state index in [1.165, 1.54) is 0 Å². The highest BCUT2D eigenvalue weighted by molar-refractivity contribution is 5.76. The lowest BCUT2D eigenvalue weighted by Crippen LogP contribution is -2.28. The minimum absolute atomic E-state index is 0.0347. The Bertz CT molecular complexity index is 702. The summed E-state index contributed by atoms with van der Waals surface area (Å²) in [7, 11) is 0. The van der Waals surface area contributed by atoms with Gasteiger partial charge in [-0.2, -0.15) is 5.10 Å². The number of phenolic OH excluding ortho intramolecular Hbond substituents is 1.